The summed E-state index contributed by atoms with van der Waals surface area (Å²) in [6.07, 6.45) is 0. The van der Waals surface area contributed by atoms with Crippen molar-refractivity contribution < 1.29 is 4.52 Å². The van der Waals surface area contributed by atoms with Crippen LogP contribution in [0.3, 0.4) is 0 Å². The molecule has 1 aromatic rings. The van der Waals surface area contributed by atoms with Gasteiger partial charge in [-0.2, -0.15) is 4.98 Å². The highest BCUT2D eigenvalue weighted by Crippen LogP contribution is 1.98. The van der Waals surface area contributed by atoms with Gasteiger partial charge in [-0.05, 0) is 5.16 Å². The van der Waals surface area contributed by atoms with Crippen molar-refractivity contribution in [2.45, 2.75) is 0 Å². The summed E-state index contributed by atoms with van der Waals surface area (Å²) in [4.78, 5) is 3.49. The van der Waals surface area contributed by atoms with E-state index in [1.165, 1.54) is 0 Å². The predicted octanol–water partition coefficient (Wildman–Crippen LogP) is -1.06. The lowest BCUT2D eigenvalue weighted by molar-refractivity contribution is 0.437. The first-order chi connectivity index (χ1) is 3.83. The predicted molar refractivity (Wildman–Crippen MR) is 26.5 cm³/mol. The maximum absolute atomic E-state index is 5.02. The lowest BCUT2D eigenvalue weighted by atomic mass is 11.0. The van der Waals surface area contributed by atoms with Crippen LogP contribution < -0.4 is 17.0 Å². The molecular weight excluding hydrogens is 110 g/mol. The van der Waals surface area contributed by atoms with Gasteiger partial charge in [0.2, 0.25) is 0 Å². The lowest BCUT2D eigenvalue weighted by Crippen LogP contribution is -2.07. The molecule has 0 radical (unpaired) electrons. The van der Waals surface area contributed by atoms with Crippen LogP contribution >= 0.6 is 0 Å². The van der Waals surface area contributed by atoms with Gasteiger partial charge in [0.1, 0.15) is 0 Å². The van der Waals surface area contributed by atoms with Crippen LogP contribution in [0, 0.1) is 0 Å². The van der Waals surface area contributed by atoms with E-state index in [1.54, 1.807) is 0 Å². The monoisotopic (exact) mass is 115 g/mol. The third-order valence-corrected chi connectivity index (χ3v) is 0.571. The van der Waals surface area contributed by atoms with E-state index in [-0.39, 0.29) is 12.0 Å². The molecular formula is C2H5N5O. The van der Waals surface area contributed by atoms with Crippen molar-refractivity contribution in [3.8, 4) is 0 Å². The van der Waals surface area contributed by atoms with Crippen molar-refractivity contribution in [3.05, 3.63) is 0 Å². The first-order valence-corrected chi connectivity index (χ1v) is 1.88. The van der Waals surface area contributed by atoms with Gasteiger partial charge in [0.25, 0.3) is 5.95 Å². The van der Waals surface area contributed by atoms with E-state index in [4.69, 9.17) is 11.6 Å². The molecule has 0 aliphatic rings. The maximum atomic E-state index is 5.02. The minimum Gasteiger partial charge on any atom is -0.351 e. The summed E-state index contributed by atoms with van der Waals surface area (Å²) in [5.41, 5.74) is 7.17. The Kier molecular flexibility index (Phi) is 1.01. The summed E-state index contributed by atoms with van der Waals surface area (Å²) in [5.74, 6) is 5.06. The Hall–Kier alpha value is -1.30. The van der Waals surface area contributed by atoms with Crippen molar-refractivity contribution >= 4 is 12.0 Å². The van der Waals surface area contributed by atoms with Gasteiger partial charge < -0.3 is 10.3 Å². The average molecular weight is 115 g/mol. The van der Waals surface area contributed by atoms with E-state index in [0.717, 1.165) is 0 Å². The fraction of sp³-hybridized carbons (Fsp3) is 0. The molecule has 0 aliphatic carbocycles. The average Bonchev–Trinajstić information content (AvgIpc) is 2.14. The van der Waals surface area contributed by atoms with Crippen LogP contribution in [0.5, 0.6) is 0 Å². The Balaban J connectivity index is 2.84. The van der Waals surface area contributed by atoms with E-state index in [0.29, 0.717) is 0 Å². The number of nitrogen functional groups attached to an aromatic ring is 2. The Morgan fingerprint density at radius 2 is 2.38 bits per heavy atom. The first-order valence-electron chi connectivity index (χ1n) is 1.88. The molecule has 0 fully saturated rings. The first kappa shape index (κ1) is 4.85. The van der Waals surface area contributed by atoms with Gasteiger partial charge in [-0.25, -0.2) is 5.84 Å². The standard InChI is InChI=1S/C2H5N5O/c3-1-5-2(6-4)7-8-1/h4H2,(H3,3,5,6,7). The summed E-state index contributed by atoms with van der Waals surface area (Å²) in [6, 6.07) is -0.00190. The van der Waals surface area contributed by atoms with E-state index in [1.807, 2.05) is 0 Å². The molecule has 1 rings (SSSR count). The molecule has 6 heteroatoms. The van der Waals surface area contributed by atoms with E-state index < -0.39 is 0 Å². The maximum Gasteiger partial charge on any atom is 0.320 e. The molecule has 8 heavy (non-hydrogen) atoms. The van der Waals surface area contributed by atoms with Gasteiger partial charge in [0.15, 0.2) is 0 Å². The van der Waals surface area contributed by atoms with Gasteiger partial charge in [-0.1, -0.05) is 0 Å². The summed E-state index contributed by atoms with van der Waals surface area (Å²) >= 11 is 0. The molecule has 0 aliphatic heterocycles. The summed E-state index contributed by atoms with van der Waals surface area (Å²) in [7, 11) is 0. The van der Waals surface area contributed by atoms with Crippen molar-refractivity contribution in [1.29, 1.82) is 0 Å². The molecule has 1 aromatic heterocycles. The van der Waals surface area contributed by atoms with Crippen molar-refractivity contribution in [1.82, 2.24) is 10.1 Å². The second kappa shape index (κ2) is 1.66. The molecule has 1 heterocycles. The fourth-order valence-corrected chi connectivity index (χ4v) is 0.294. The SMILES string of the molecule is NNc1noc(N)n1. The van der Waals surface area contributed by atoms with Gasteiger partial charge in [0.05, 0.1) is 0 Å². The van der Waals surface area contributed by atoms with Crippen molar-refractivity contribution in [2.75, 3.05) is 11.2 Å². The minimum atomic E-state index is -0.00190. The normalized spacial score (nSPS) is 9.12. The van der Waals surface area contributed by atoms with Crippen molar-refractivity contribution in [3.63, 3.8) is 0 Å². The molecule has 6 nitrogen and oxygen atoms in total. The highest BCUT2D eigenvalue weighted by Gasteiger charge is 1.95. The fourth-order valence-electron chi connectivity index (χ4n) is 0.294. The van der Waals surface area contributed by atoms with Crippen LogP contribution in [0.15, 0.2) is 4.52 Å². The summed E-state index contributed by atoms with van der Waals surface area (Å²) in [6.45, 7) is 0. The lowest BCUT2D eigenvalue weighted by Gasteiger charge is -1.81. The third-order valence-electron chi connectivity index (χ3n) is 0.571. The van der Waals surface area contributed by atoms with Crippen LogP contribution in [0.4, 0.5) is 12.0 Å². The minimum absolute atomic E-state index is 0.00190. The number of hydrogen-bond acceptors (Lipinski definition) is 6. The zero-order valence-corrected chi connectivity index (χ0v) is 3.96. The van der Waals surface area contributed by atoms with Crippen LogP contribution in [-0.2, 0) is 0 Å². The molecule has 44 valence electrons. The Labute approximate surface area is 44.8 Å². The molecule has 0 aromatic carbocycles. The second-order valence-electron chi connectivity index (χ2n) is 1.10. The Bertz CT molecular complexity index is 171. The summed E-state index contributed by atoms with van der Waals surface area (Å²) in [5, 5.41) is 3.29. The largest absolute Gasteiger partial charge is 0.351 e. The van der Waals surface area contributed by atoms with Crippen LogP contribution in [0.1, 0.15) is 0 Å². The molecule has 0 saturated carbocycles. The number of nitrogens with one attached hydrogen (secondary N) is 1. The zero-order chi connectivity index (χ0) is 5.98. The molecule has 0 atom stereocenters. The molecule has 0 spiro atoms. The summed E-state index contributed by atoms with van der Waals surface area (Å²) < 4.78 is 4.33. The Morgan fingerprint density at radius 1 is 1.62 bits per heavy atom. The van der Waals surface area contributed by atoms with Gasteiger partial charge in [-0.3, -0.25) is 5.43 Å². The van der Waals surface area contributed by atoms with Gasteiger partial charge in [-0.15, -0.1) is 0 Å². The zero-order valence-electron chi connectivity index (χ0n) is 3.96. The number of rotatable bonds is 1. The topological polar surface area (TPSA) is 103 Å². The number of aromatic nitrogens is 2. The molecule has 0 bridgehead atoms. The number of nitrogens with two attached hydrogens (primary N) is 2. The highest BCUT2D eigenvalue weighted by atomic mass is 16.5. The highest BCUT2D eigenvalue weighted by molar-refractivity contribution is 5.24. The smallest absolute Gasteiger partial charge is 0.320 e. The van der Waals surface area contributed by atoms with E-state index in [2.05, 4.69) is 20.1 Å². The van der Waals surface area contributed by atoms with Crippen LogP contribution in [0.2, 0.25) is 0 Å². The number of hydrogen-bond donors (Lipinski definition) is 3. The molecule has 5 N–H and O–H groups in total. The van der Waals surface area contributed by atoms with E-state index in [9.17, 15) is 0 Å². The van der Waals surface area contributed by atoms with Gasteiger partial charge in [0, 0.05) is 0 Å². The second-order valence-corrected chi connectivity index (χ2v) is 1.10. The quantitative estimate of drug-likeness (QED) is 0.318. The number of hydrazine groups is 1. The van der Waals surface area contributed by atoms with E-state index >= 15 is 0 Å². The molecule has 0 unspecified atom stereocenters. The van der Waals surface area contributed by atoms with Crippen molar-refractivity contribution in [2.24, 2.45) is 5.84 Å². The number of nitrogens with zero attached hydrogens (tertiary/aromatic N) is 2. The molecule has 0 saturated heterocycles. The number of anilines is 2. The van der Waals surface area contributed by atoms with Crippen LogP contribution in [0.25, 0.3) is 0 Å². The van der Waals surface area contributed by atoms with Crippen LogP contribution in [-0.4, -0.2) is 10.1 Å². The van der Waals surface area contributed by atoms with Gasteiger partial charge >= 0.3 is 6.01 Å². The molecule has 0 amide bonds. The Morgan fingerprint density at radius 3 is 2.62 bits per heavy atom. The third kappa shape index (κ3) is 0.684.